The van der Waals surface area contributed by atoms with Crippen LogP contribution in [0.25, 0.3) is 0 Å². The van der Waals surface area contributed by atoms with Gasteiger partial charge in [0.1, 0.15) is 6.07 Å². The number of rotatable bonds is 0. The topological polar surface area (TPSA) is 91.6 Å². The zero-order chi connectivity index (χ0) is 6.85. The summed E-state index contributed by atoms with van der Waals surface area (Å²) >= 11 is 0. The molecule has 2 N–H and O–H groups in total. The van der Waals surface area contributed by atoms with E-state index in [1.165, 1.54) is 0 Å². The first-order valence-corrected chi connectivity index (χ1v) is 2.11. The monoisotopic (exact) mass is 122 g/mol. The highest BCUT2D eigenvalue weighted by molar-refractivity contribution is 6.51. The van der Waals surface area contributed by atoms with Crippen LogP contribution < -0.4 is 5.73 Å². The molecule has 0 atom stereocenters. The molecule has 0 aliphatic carbocycles. The van der Waals surface area contributed by atoms with Crippen molar-refractivity contribution in [1.29, 1.82) is 5.26 Å². The fourth-order valence-corrected chi connectivity index (χ4v) is 0.416. The lowest BCUT2D eigenvalue weighted by atomic mass is 10.4. The molecule has 1 rings (SSSR count). The Morgan fingerprint density at radius 2 is 2.22 bits per heavy atom. The first kappa shape index (κ1) is 5.44. The molecule has 0 radical (unpaired) electrons. The summed E-state index contributed by atoms with van der Waals surface area (Å²) in [7, 11) is 0. The van der Waals surface area contributed by atoms with Gasteiger partial charge in [-0.05, 0) is 0 Å². The molecular weight excluding hydrogens is 120 g/mol. The highest BCUT2D eigenvalue weighted by Crippen LogP contribution is 1.93. The van der Waals surface area contributed by atoms with E-state index in [2.05, 4.69) is 9.98 Å². The van der Waals surface area contributed by atoms with Gasteiger partial charge in [0.2, 0.25) is 0 Å². The maximum Gasteiger partial charge on any atom is 0.370 e. The van der Waals surface area contributed by atoms with Gasteiger partial charge in [-0.3, -0.25) is 0 Å². The summed E-state index contributed by atoms with van der Waals surface area (Å²) in [6.45, 7) is 0. The third-order valence-electron chi connectivity index (χ3n) is 0.772. The van der Waals surface area contributed by atoms with Crippen molar-refractivity contribution >= 4 is 17.6 Å². The number of carbonyl (C=O) groups is 1. The van der Waals surface area contributed by atoms with Crippen molar-refractivity contribution in [2.75, 3.05) is 0 Å². The van der Waals surface area contributed by atoms with E-state index >= 15 is 0 Å². The van der Waals surface area contributed by atoms with E-state index < -0.39 is 6.03 Å². The van der Waals surface area contributed by atoms with E-state index in [1.54, 1.807) is 6.07 Å². The predicted molar refractivity (Wildman–Crippen MR) is 30.1 cm³/mol. The van der Waals surface area contributed by atoms with Crippen LogP contribution >= 0.6 is 0 Å². The number of carbonyl (C=O) groups excluding carboxylic acids is 1. The van der Waals surface area contributed by atoms with Gasteiger partial charge in [-0.15, -0.1) is 0 Å². The molecule has 0 unspecified atom stereocenters. The number of hydrogen-bond donors (Lipinski definition) is 1. The molecule has 0 bridgehead atoms. The molecule has 0 saturated carbocycles. The summed E-state index contributed by atoms with van der Waals surface area (Å²) in [5, 5.41) is 8.16. The number of nitrogens with zero attached hydrogens (tertiary/aromatic N) is 3. The largest absolute Gasteiger partial charge is 0.381 e. The van der Waals surface area contributed by atoms with Crippen LogP contribution in [0.5, 0.6) is 0 Å². The Bertz CT molecular complexity index is 256. The van der Waals surface area contributed by atoms with Gasteiger partial charge < -0.3 is 5.73 Å². The SMILES string of the molecule is N#CC1=NC(=O)N=C1N. The van der Waals surface area contributed by atoms with Gasteiger partial charge in [0.25, 0.3) is 0 Å². The van der Waals surface area contributed by atoms with Crippen molar-refractivity contribution in [2.45, 2.75) is 0 Å². The minimum absolute atomic E-state index is 0.0949. The highest BCUT2D eigenvalue weighted by atomic mass is 16.2. The van der Waals surface area contributed by atoms with Crippen LogP contribution in [-0.2, 0) is 0 Å². The fraction of sp³-hybridized carbons (Fsp3) is 0. The van der Waals surface area contributed by atoms with Crippen molar-refractivity contribution in [3.8, 4) is 6.07 Å². The van der Waals surface area contributed by atoms with Crippen LogP contribution in [0.15, 0.2) is 9.98 Å². The van der Waals surface area contributed by atoms with E-state index in [1.807, 2.05) is 0 Å². The number of aliphatic imine (C=N–C) groups is 2. The molecule has 5 nitrogen and oxygen atoms in total. The van der Waals surface area contributed by atoms with Gasteiger partial charge in [-0.25, -0.2) is 4.79 Å². The Hall–Kier alpha value is -1.70. The Labute approximate surface area is 50.5 Å². The number of amidine groups is 1. The average Bonchev–Trinajstić information content (AvgIpc) is 2.10. The molecular formula is C4H2N4O. The minimum Gasteiger partial charge on any atom is -0.381 e. The predicted octanol–water partition coefficient (Wildman–Crippen LogP) is -0.558. The van der Waals surface area contributed by atoms with Crippen molar-refractivity contribution in [3.63, 3.8) is 0 Å². The summed E-state index contributed by atoms with van der Waals surface area (Å²) in [6.07, 6.45) is 0. The molecule has 1 heterocycles. The van der Waals surface area contributed by atoms with Crippen molar-refractivity contribution < 1.29 is 4.79 Å². The van der Waals surface area contributed by atoms with Crippen molar-refractivity contribution in [2.24, 2.45) is 15.7 Å². The zero-order valence-corrected chi connectivity index (χ0v) is 4.33. The first-order chi connectivity index (χ1) is 4.24. The molecule has 9 heavy (non-hydrogen) atoms. The zero-order valence-electron chi connectivity index (χ0n) is 4.33. The lowest BCUT2D eigenvalue weighted by Gasteiger charge is -1.79. The molecule has 0 saturated heterocycles. The standard InChI is InChI=1S/C4H2N4O/c5-1-2-3(6)8-4(9)7-2/h(H2,6,8,9). The number of nitrogens with two attached hydrogens (primary N) is 1. The Balaban J connectivity index is 3.04. The minimum atomic E-state index is -0.705. The second-order valence-electron chi connectivity index (χ2n) is 1.35. The lowest BCUT2D eigenvalue weighted by molar-refractivity contribution is 0.257. The van der Waals surface area contributed by atoms with Gasteiger partial charge in [-0.2, -0.15) is 15.2 Å². The molecule has 0 aromatic carbocycles. The smallest absolute Gasteiger partial charge is 0.370 e. The molecule has 2 amide bonds. The Morgan fingerprint density at radius 3 is 2.44 bits per heavy atom. The maximum absolute atomic E-state index is 10.2. The van der Waals surface area contributed by atoms with Gasteiger partial charge in [0.15, 0.2) is 11.5 Å². The molecule has 1 aliphatic heterocycles. The van der Waals surface area contributed by atoms with E-state index in [0.29, 0.717) is 0 Å². The summed E-state index contributed by atoms with van der Waals surface area (Å²) < 4.78 is 0. The van der Waals surface area contributed by atoms with Gasteiger partial charge in [0.05, 0.1) is 0 Å². The van der Waals surface area contributed by atoms with E-state index in [0.717, 1.165) is 0 Å². The molecule has 44 valence electrons. The summed E-state index contributed by atoms with van der Waals surface area (Å²) in [6, 6.07) is 0.913. The maximum atomic E-state index is 10.2. The average molecular weight is 122 g/mol. The first-order valence-electron chi connectivity index (χ1n) is 2.11. The number of amides is 2. The summed E-state index contributed by atoms with van der Waals surface area (Å²) in [5.41, 5.74) is 4.96. The quantitative estimate of drug-likeness (QED) is 0.466. The molecule has 0 aromatic heterocycles. The Morgan fingerprint density at radius 1 is 1.56 bits per heavy atom. The van der Waals surface area contributed by atoms with Crippen LogP contribution in [0.2, 0.25) is 0 Å². The molecule has 0 aromatic rings. The van der Waals surface area contributed by atoms with Crippen LogP contribution in [0.4, 0.5) is 4.79 Å². The van der Waals surface area contributed by atoms with Gasteiger partial charge >= 0.3 is 6.03 Å². The van der Waals surface area contributed by atoms with Crippen LogP contribution in [0, 0.1) is 11.3 Å². The van der Waals surface area contributed by atoms with E-state index in [9.17, 15) is 4.79 Å². The summed E-state index contributed by atoms with van der Waals surface area (Å²) in [4.78, 5) is 16.6. The van der Waals surface area contributed by atoms with Crippen LogP contribution in [0.3, 0.4) is 0 Å². The second-order valence-corrected chi connectivity index (χ2v) is 1.35. The van der Waals surface area contributed by atoms with Crippen LogP contribution in [0.1, 0.15) is 0 Å². The van der Waals surface area contributed by atoms with Gasteiger partial charge in [-0.1, -0.05) is 0 Å². The number of hydrogen-bond acceptors (Lipinski definition) is 3. The third-order valence-corrected chi connectivity index (χ3v) is 0.772. The molecule has 5 heteroatoms. The number of nitriles is 1. The number of urea groups is 1. The van der Waals surface area contributed by atoms with E-state index in [-0.39, 0.29) is 11.5 Å². The lowest BCUT2D eigenvalue weighted by Crippen LogP contribution is -2.18. The Kier molecular flexibility index (Phi) is 1.01. The second kappa shape index (κ2) is 1.67. The third kappa shape index (κ3) is 0.770. The van der Waals surface area contributed by atoms with Gasteiger partial charge in [0, 0.05) is 0 Å². The van der Waals surface area contributed by atoms with Crippen molar-refractivity contribution in [1.82, 2.24) is 0 Å². The molecule has 1 aliphatic rings. The highest BCUT2D eigenvalue weighted by Gasteiger charge is 2.14. The normalized spacial score (nSPS) is 16.6. The fourth-order valence-electron chi connectivity index (χ4n) is 0.416. The molecule has 0 spiro atoms. The molecule has 0 fully saturated rings. The van der Waals surface area contributed by atoms with Crippen molar-refractivity contribution in [3.05, 3.63) is 0 Å². The van der Waals surface area contributed by atoms with Crippen LogP contribution in [-0.4, -0.2) is 17.6 Å². The summed E-state index contributed by atoms with van der Waals surface area (Å²) in [5.74, 6) is -0.0949. The van der Waals surface area contributed by atoms with E-state index in [4.69, 9.17) is 11.0 Å².